The third kappa shape index (κ3) is 3.32. The van der Waals surface area contributed by atoms with Crippen LogP contribution in [0.25, 0.3) is 17.2 Å². The van der Waals surface area contributed by atoms with Gasteiger partial charge in [0.2, 0.25) is 10.6 Å². The molecule has 0 aliphatic heterocycles. The standard InChI is InChI=1S/C18H14ClN7S/c1-12-14(16(19)25(24-12)13-7-3-2-4-8-13)11-21-26-17(22-23-18(26)27)15-9-5-6-10-20-15/h2-11H,1H3,(H,23,27)/b21-11+. The summed E-state index contributed by atoms with van der Waals surface area (Å²) in [6, 6.07) is 15.2. The number of nitrogens with one attached hydrogen (secondary N) is 1. The van der Waals surface area contributed by atoms with Crippen molar-refractivity contribution >= 4 is 30.0 Å². The van der Waals surface area contributed by atoms with Gasteiger partial charge in [-0.1, -0.05) is 35.9 Å². The van der Waals surface area contributed by atoms with Crippen LogP contribution in [0, 0.1) is 11.7 Å². The number of H-pyrrole nitrogens is 1. The number of benzene rings is 1. The number of para-hydroxylation sites is 1. The monoisotopic (exact) mass is 395 g/mol. The summed E-state index contributed by atoms with van der Waals surface area (Å²) in [7, 11) is 0. The fourth-order valence-corrected chi connectivity index (χ4v) is 3.07. The lowest BCUT2D eigenvalue weighted by atomic mass is 10.3. The molecule has 1 N–H and O–H groups in total. The quantitative estimate of drug-likeness (QED) is 0.418. The Balaban J connectivity index is 1.74. The van der Waals surface area contributed by atoms with Gasteiger partial charge in [-0.15, -0.1) is 0 Å². The first-order chi connectivity index (χ1) is 13.1. The van der Waals surface area contributed by atoms with Crippen LogP contribution in [0.5, 0.6) is 0 Å². The maximum Gasteiger partial charge on any atom is 0.216 e. The summed E-state index contributed by atoms with van der Waals surface area (Å²) in [4.78, 5) is 4.29. The van der Waals surface area contributed by atoms with Gasteiger partial charge in [-0.25, -0.2) is 9.78 Å². The van der Waals surface area contributed by atoms with Crippen LogP contribution in [0.15, 0.2) is 59.8 Å². The Morgan fingerprint density at radius 1 is 1.15 bits per heavy atom. The summed E-state index contributed by atoms with van der Waals surface area (Å²) < 4.78 is 3.54. The van der Waals surface area contributed by atoms with Crippen molar-refractivity contribution in [1.29, 1.82) is 0 Å². The zero-order chi connectivity index (χ0) is 18.8. The van der Waals surface area contributed by atoms with Crippen molar-refractivity contribution < 1.29 is 0 Å². The van der Waals surface area contributed by atoms with Gasteiger partial charge < -0.3 is 0 Å². The minimum atomic E-state index is 0.358. The first kappa shape index (κ1) is 17.3. The molecule has 0 fully saturated rings. The molecule has 3 heterocycles. The molecule has 1 aromatic carbocycles. The van der Waals surface area contributed by atoms with Crippen LogP contribution in [-0.4, -0.2) is 35.9 Å². The molecule has 27 heavy (non-hydrogen) atoms. The third-order valence-corrected chi connectivity index (χ3v) is 4.52. The lowest BCUT2D eigenvalue weighted by Crippen LogP contribution is -1.97. The van der Waals surface area contributed by atoms with Crippen molar-refractivity contribution in [3.8, 4) is 17.2 Å². The fraction of sp³-hybridized carbons (Fsp3) is 0.0556. The van der Waals surface area contributed by atoms with E-state index < -0.39 is 0 Å². The van der Waals surface area contributed by atoms with Gasteiger partial charge in [-0.05, 0) is 43.4 Å². The molecular formula is C18H14ClN7S. The smallest absolute Gasteiger partial charge is 0.216 e. The Labute approximate surface area is 165 Å². The van der Waals surface area contributed by atoms with E-state index in [1.54, 1.807) is 17.1 Å². The molecule has 0 spiro atoms. The molecule has 0 bridgehead atoms. The van der Waals surface area contributed by atoms with Crippen LogP contribution in [0.3, 0.4) is 0 Å². The Hall–Kier alpha value is -3.10. The second kappa shape index (κ2) is 7.26. The summed E-state index contributed by atoms with van der Waals surface area (Å²) in [5.41, 5.74) is 2.99. The molecule has 0 saturated heterocycles. The van der Waals surface area contributed by atoms with E-state index in [9.17, 15) is 0 Å². The average Bonchev–Trinajstić information content (AvgIpc) is 3.21. The average molecular weight is 396 g/mol. The van der Waals surface area contributed by atoms with Crippen LogP contribution < -0.4 is 0 Å². The molecule has 0 unspecified atom stereocenters. The zero-order valence-electron chi connectivity index (χ0n) is 14.2. The first-order valence-electron chi connectivity index (χ1n) is 8.09. The van der Waals surface area contributed by atoms with E-state index in [0.29, 0.717) is 27.0 Å². The van der Waals surface area contributed by atoms with E-state index in [1.807, 2.05) is 55.5 Å². The van der Waals surface area contributed by atoms with Crippen molar-refractivity contribution in [1.82, 2.24) is 29.6 Å². The van der Waals surface area contributed by atoms with Crippen LogP contribution >= 0.6 is 23.8 Å². The second-order valence-corrected chi connectivity index (χ2v) is 6.41. The molecule has 0 radical (unpaired) electrons. The number of aromatic nitrogens is 6. The maximum atomic E-state index is 6.54. The number of rotatable bonds is 4. The summed E-state index contributed by atoms with van der Waals surface area (Å²) in [5, 5.41) is 16.4. The minimum Gasteiger partial charge on any atom is -0.253 e. The normalized spacial score (nSPS) is 11.3. The lowest BCUT2D eigenvalue weighted by molar-refractivity contribution is 0.863. The van der Waals surface area contributed by atoms with Crippen LogP contribution in [0.4, 0.5) is 0 Å². The Kier molecular flexibility index (Phi) is 4.66. The highest BCUT2D eigenvalue weighted by Crippen LogP contribution is 2.22. The molecule has 4 aromatic rings. The molecule has 0 aliphatic rings. The van der Waals surface area contributed by atoms with E-state index in [1.165, 1.54) is 4.68 Å². The molecular weight excluding hydrogens is 382 g/mol. The van der Waals surface area contributed by atoms with Crippen molar-refractivity contribution in [2.24, 2.45) is 5.10 Å². The summed E-state index contributed by atoms with van der Waals surface area (Å²) >= 11 is 11.8. The van der Waals surface area contributed by atoms with Crippen molar-refractivity contribution in [2.45, 2.75) is 6.92 Å². The Bertz CT molecular complexity index is 1160. The molecule has 134 valence electrons. The minimum absolute atomic E-state index is 0.358. The maximum absolute atomic E-state index is 6.54. The van der Waals surface area contributed by atoms with Crippen molar-refractivity contribution in [2.75, 3.05) is 0 Å². The molecule has 9 heteroatoms. The van der Waals surface area contributed by atoms with E-state index >= 15 is 0 Å². The van der Waals surface area contributed by atoms with Gasteiger partial charge in [0.1, 0.15) is 10.8 Å². The van der Waals surface area contributed by atoms with E-state index in [2.05, 4.69) is 25.4 Å². The van der Waals surface area contributed by atoms with Crippen molar-refractivity contribution in [3.63, 3.8) is 0 Å². The highest BCUT2D eigenvalue weighted by atomic mass is 35.5. The van der Waals surface area contributed by atoms with E-state index in [4.69, 9.17) is 23.8 Å². The second-order valence-electron chi connectivity index (χ2n) is 5.66. The highest BCUT2D eigenvalue weighted by molar-refractivity contribution is 7.71. The Morgan fingerprint density at radius 2 is 1.93 bits per heavy atom. The van der Waals surface area contributed by atoms with Crippen LogP contribution in [0.2, 0.25) is 5.15 Å². The number of nitrogens with zero attached hydrogens (tertiary/aromatic N) is 6. The van der Waals surface area contributed by atoms with Gasteiger partial charge in [0.25, 0.3) is 0 Å². The highest BCUT2D eigenvalue weighted by Gasteiger charge is 2.14. The number of pyridine rings is 1. The molecule has 0 saturated carbocycles. The predicted molar refractivity (Wildman–Crippen MR) is 107 cm³/mol. The summed E-state index contributed by atoms with van der Waals surface area (Å²) in [6.45, 7) is 1.88. The van der Waals surface area contributed by atoms with Gasteiger partial charge in [-0.3, -0.25) is 4.98 Å². The number of hydrogen-bond acceptors (Lipinski definition) is 5. The van der Waals surface area contributed by atoms with Gasteiger partial charge in [0, 0.05) is 6.20 Å². The first-order valence-corrected chi connectivity index (χ1v) is 8.87. The molecule has 0 atom stereocenters. The Morgan fingerprint density at radius 3 is 2.67 bits per heavy atom. The zero-order valence-corrected chi connectivity index (χ0v) is 15.8. The van der Waals surface area contributed by atoms with Crippen LogP contribution in [0.1, 0.15) is 11.3 Å². The van der Waals surface area contributed by atoms with Crippen LogP contribution in [-0.2, 0) is 0 Å². The lowest BCUT2D eigenvalue weighted by Gasteiger charge is -2.02. The molecule has 4 rings (SSSR count). The van der Waals surface area contributed by atoms with E-state index in [0.717, 1.165) is 11.4 Å². The predicted octanol–water partition coefficient (Wildman–Crippen LogP) is 4.03. The number of hydrogen-bond donors (Lipinski definition) is 1. The number of aromatic amines is 1. The summed E-state index contributed by atoms with van der Waals surface area (Å²) in [5.74, 6) is 0.515. The van der Waals surface area contributed by atoms with E-state index in [-0.39, 0.29) is 0 Å². The largest absolute Gasteiger partial charge is 0.253 e. The molecule has 3 aromatic heterocycles. The SMILES string of the molecule is Cc1nn(-c2ccccc2)c(Cl)c1/C=N/n1c(-c2ccccn2)n[nH]c1=S. The van der Waals surface area contributed by atoms with Gasteiger partial charge in [-0.2, -0.15) is 20.0 Å². The molecule has 0 aliphatic carbocycles. The molecule has 7 nitrogen and oxygen atoms in total. The van der Waals surface area contributed by atoms with Gasteiger partial charge in [0.15, 0.2) is 0 Å². The summed E-state index contributed by atoms with van der Waals surface area (Å²) in [6.07, 6.45) is 3.31. The van der Waals surface area contributed by atoms with Crippen molar-refractivity contribution in [3.05, 3.63) is 75.9 Å². The fourth-order valence-electron chi connectivity index (χ4n) is 2.57. The number of halogens is 1. The topological polar surface area (TPSA) is 76.7 Å². The third-order valence-electron chi connectivity index (χ3n) is 3.90. The van der Waals surface area contributed by atoms with Gasteiger partial charge in [0.05, 0.1) is 23.2 Å². The number of aryl methyl sites for hydroxylation is 1. The van der Waals surface area contributed by atoms with Gasteiger partial charge >= 0.3 is 0 Å². The molecule has 0 amide bonds.